The van der Waals surface area contributed by atoms with E-state index in [1.807, 2.05) is 24.3 Å². The summed E-state index contributed by atoms with van der Waals surface area (Å²) in [6.45, 7) is 0.794. The fourth-order valence-corrected chi connectivity index (χ4v) is 3.56. The van der Waals surface area contributed by atoms with Crippen molar-refractivity contribution in [3.63, 3.8) is 0 Å². The van der Waals surface area contributed by atoms with Crippen LogP contribution in [0.2, 0.25) is 25.1 Å². The third-order valence-electron chi connectivity index (χ3n) is 3.80. The zero-order valence-electron chi connectivity index (χ0n) is 13.9. The lowest BCUT2D eigenvalue weighted by molar-refractivity contribution is 0.306. The molecule has 0 atom stereocenters. The summed E-state index contributed by atoms with van der Waals surface area (Å²) in [5, 5.41) is 5.74. The molecule has 0 fully saturated rings. The summed E-state index contributed by atoms with van der Waals surface area (Å²) in [6, 6.07) is 16.4. The molecule has 0 amide bonds. The number of hydrogen-bond donors (Lipinski definition) is 1. The Morgan fingerprint density at radius 3 is 2.07 bits per heavy atom. The average molecular weight is 462 g/mol. The standard InChI is InChI=1S/C20H14Cl5NO/c21-15-4-2-1-3-13(15)11-27-20-18(24)7-12(8-19(20)25)10-26-14-5-6-16(22)17(23)9-14/h1-9,26H,10-11H2. The van der Waals surface area contributed by atoms with E-state index in [9.17, 15) is 0 Å². The Morgan fingerprint density at radius 2 is 1.41 bits per heavy atom. The van der Waals surface area contributed by atoms with Crippen molar-refractivity contribution in [3.05, 3.63) is 90.8 Å². The van der Waals surface area contributed by atoms with Crippen molar-refractivity contribution in [1.29, 1.82) is 0 Å². The van der Waals surface area contributed by atoms with E-state index in [-0.39, 0.29) is 6.61 Å². The molecule has 0 saturated carbocycles. The van der Waals surface area contributed by atoms with Gasteiger partial charge < -0.3 is 10.1 Å². The van der Waals surface area contributed by atoms with Gasteiger partial charge in [0, 0.05) is 22.8 Å². The molecule has 0 spiro atoms. The molecule has 0 unspecified atom stereocenters. The molecule has 27 heavy (non-hydrogen) atoms. The van der Waals surface area contributed by atoms with Crippen LogP contribution in [0.1, 0.15) is 11.1 Å². The molecule has 0 aliphatic carbocycles. The minimum absolute atomic E-state index is 0.278. The second kappa shape index (κ2) is 9.27. The fourth-order valence-electron chi connectivity index (χ4n) is 2.43. The van der Waals surface area contributed by atoms with Gasteiger partial charge in [0.1, 0.15) is 6.61 Å². The minimum atomic E-state index is 0.278. The Labute approximate surface area is 182 Å². The lowest BCUT2D eigenvalue weighted by Crippen LogP contribution is -2.01. The predicted molar refractivity (Wildman–Crippen MR) is 116 cm³/mol. The molecule has 1 N–H and O–H groups in total. The highest BCUT2D eigenvalue weighted by atomic mass is 35.5. The first-order chi connectivity index (χ1) is 12.9. The maximum absolute atomic E-state index is 6.36. The number of hydrogen-bond acceptors (Lipinski definition) is 2. The van der Waals surface area contributed by atoms with E-state index in [1.165, 1.54) is 0 Å². The van der Waals surface area contributed by atoms with Gasteiger partial charge in [0.25, 0.3) is 0 Å². The maximum Gasteiger partial charge on any atom is 0.156 e. The highest BCUT2D eigenvalue weighted by molar-refractivity contribution is 6.42. The van der Waals surface area contributed by atoms with E-state index in [4.69, 9.17) is 62.7 Å². The lowest BCUT2D eigenvalue weighted by Gasteiger charge is -2.13. The van der Waals surface area contributed by atoms with Crippen molar-refractivity contribution in [1.82, 2.24) is 0 Å². The van der Waals surface area contributed by atoms with Crippen molar-refractivity contribution in [2.45, 2.75) is 13.2 Å². The molecule has 0 radical (unpaired) electrons. The summed E-state index contributed by atoms with van der Waals surface area (Å²) >= 11 is 30.8. The van der Waals surface area contributed by atoms with Crippen LogP contribution in [0.4, 0.5) is 5.69 Å². The van der Waals surface area contributed by atoms with Crippen molar-refractivity contribution in [2.24, 2.45) is 0 Å². The molecule has 140 valence electrons. The molecule has 0 saturated heterocycles. The van der Waals surface area contributed by atoms with Crippen LogP contribution in [0, 0.1) is 0 Å². The molecule has 3 aromatic carbocycles. The number of rotatable bonds is 6. The number of halogens is 5. The van der Waals surface area contributed by atoms with Crippen molar-refractivity contribution in [2.75, 3.05) is 5.32 Å². The van der Waals surface area contributed by atoms with Crippen molar-refractivity contribution < 1.29 is 4.74 Å². The Balaban J connectivity index is 1.68. The quantitative estimate of drug-likeness (QED) is 0.400. The number of ether oxygens (including phenoxy) is 1. The van der Waals surface area contributed by atoms with Gasteiger partial charge in [-0.1, -0.05) is 76.2 Å². The first-order valence-electron chi connectivity index (χ1n) is 7.97. The summed E-state index contributed by atoms with van der Waals surface area (Å²) in [6.07, 6.45) is 0. The van der Waals surface area contributed by atoms with Gasteiger partial charge in [0.2, 0.25) is 0 Å². The molecular formula is C20H14Cl5NO. The molecule has 0 aromatic heterocycles. The molecule has 0 heterocycles. The predicted octanol–water partition coefficient (Wildman–Crippen LogP) is 8.14. The molecule has 2 nitrogen and oxygen atoms in total. The van der Waals surface area contributed by atoms with E-state index in [2.05, 4.69) is 5.32 Å². The van der Waals surface area contributed by atoms with Crippen molar-refractivity contribution in [3.8, 4) is 5.75 Å². The lowest BCUT2D eigenvalue weighted by atomic mass is 10.2. The summed E-state index contributed by atoms with van der Waals surface area (Å²) in [4.78, 5) is 0. The molecular weight excluding hydrogens is 447 g/mol. The van der Waals surface area contributed by atoms with Crippen molar-refractivity contribution >= 4 is 63.7 Å². The Kier molecular flexibility index (Phi) is 7.02. The first-order valence-corrected chi connectivity index (χ1v) is 9.86. The molecule has 3 aromatic rings. The van der Waals surface area contributed by atoms with Crippen LogP contribution < -0.4 is 10.1 Å². The van der Waals surface area contributed by atoms with Crippen LogP contribution in [-0.4, -0.2) is 0 Å². The van der Waals surface area contributed by atoms with Gasteiger partial charge in [0.05, 0.1) is 20.1 Å². The zero-order chi connectivity index (χ0) is 19.4. The third-order valence-corrected chi connectivity index (χ3v) is 5.47. The fraction of sp³-hybridized carbons (Fsp3) is 0.100. The van der Waals surface area contributed by atoms with Gasteiger partial charge in [-0.05, 0) is 42.0 Å². The van der Waals surface area contributed by atoms with Crippen LogP contribution >= 0.6 is 58.0 Å². The van der Waals surface area contributed by atoms with Gasteiger partial charge >= 0.3 is 0 Å². The first kappa shape index (κ1) is 20.4. The van der Waals surface area contributed by atoms with E-state index in [0.717, 1.165) is 16.8 Å². The van der Waals surface area contributed by atoms with E-state index in [0.29, 0.717) is 37.4 Å². The second-order valence-electron chi connectivity index (χ2n) is 5.75. The number of nitrogens with one attached hydrogen (secondary N) is 1. The summed E-state index contributed by atoms with van der Waals surface area (Å²) in [5.41, 5.74) is 2.61. The van der Waals surface area contributed by atoms with E-state index in [1.54, 1.807) is 30.3 Å². The highest BCUT2D eigenvalue weighted by Gasteiger charge is 2.11. The summed E-state index contributed by atoms with van der Waals surface area (Å²) < 4.78 is 5.78. The number of benzene rings is 3. The third kappa shape index (κ3) is 5.37. The minimum Gasteiger partial charge on any atom is -0.486 e. The Hall–Kier alpha value is -1.29. The van der Waals surface area contributed by atoms with Gasteiger partial charge in [-0.3, -0.25) is 0 Å². The van der Waals surface area contributed by atoms with Gasteiger partial charge in [0.15, 0.2) is 5.75 Å². The monoisotopic (exact) mass is 459 g/mol. The van der Waals surface area contributed by atoms with Crippen LogP contribution in [0.3, 0.4) is 0 Å². The number of anilines is 1. The topological polar surface area (TPSA) is 21.3 Å². The molecule has 3 rings (SSSR count). The van der Waals surface area contributed by atoms with E-state index < -0.39 is 0 Å². The van der Waals surface area contributed by atoms with Gasteiger partial charge in [-0.25, -0.2) is 0 Å². The largest absolute Gasteiger partial charge is 0.486 e. The molecule has 0 bridgehead atoms. The smallest absolute Gasteiger partial charge is 0.156 e. The van der Waals surface area contributed by atoms with Gasteiger partial charge in [-0.2, -0.15) is 0 Å². The molecule has 0 aliphatic rings. The highest BCUT2D eigenvalue weighted by Crippen LogP contribution is 2.35. The van der Waals surface area contributed by atoms with Crippen LogP contribution in [0.25, 0.3) is 0 Å². The zero-order valence-corrected chi connectivity index (χ0v) is 17.7. The average Bonchev–Trinajstić information content (AvgIpc) is 2.63. The van der Waals surface area contributed by atoms with Crippen LogP contribution in [-0.2, 0) is 13.2 Å². The normalized spacial score (nSPS) is 10.7. The van der Waals surface area contributed by atoms with Gasteiger partial charge in [-0.15, -0.1) is 0 Å². The van der Waals surface area contributed by atoms with Crippen LogP contribution in [0.15, 0.2) is 54.6 Å². The summed E-state index contributed by atoms with van der Waals surface area (Å²) in [7, 11) is 0. The Bertz CT molecular complexity index is 938. The second-order valence-corrected chi connectivity index (χ2v) is 7.79. The van der Waals surface area contributed by atoms with Crippen LogP contribution in [0.5, 0.6) is 5.75 Å². The van der Waals surface area contributed by atoms with E-state index >= 15 is 0 Å². The SMILES string of the molecule is Clc1ccc(NCc2cc(Cl)c(OCc3ccccc3Cl)c(Cl)c2)cc1Cl. The molecule has 0 aliphatic heterocycles. The molecule has 7 heteroatoms. The Morgan fingerprint density at radius 1 is 0.704 bits per heavy atom. The summed E-state index contributed by atoms with van der Waals surface area (Å²) in [5.74, 6) is 0.427. The maximum atomic E-state index is 6.36.